The highest BCUT2D eigenvalue weighted by atomic mass is 35.5. The second-order valence-corrected chi connectivity index (χ2v) is 4.56. The van der Waals surface area contributed by atoms with E-state index in [1.165, 1.54) is 0 Å². The number of nitrogens with two attached hydrogens (primary N) is 2. The van der Waals surface area contributed by atoms with Crippen LogP contribution in [0.5, 0.6) is 11.5 Å². The lowest BCUT2D eigenvalue weighted by atomic mass is 10.2. The molecule has 5 nitrogen and oxygen atoms in total. The molecule has 0 spiro atoms. The van der Waals surface area contributed by atoms with Gasteiger partial charge >= 0.3 is 0 Å². The first-order chi connectivity index (χ1) is 9.55. The summed E-state index contributed by atoms with van der Waals surface area (Å²) in [6.07, 6.45) is 0. The number of nitrogens with one attached hydrogen (secondary N) is 1. The maximum atomic E-state index is 6.12. The largest absolute Gasteiger partial charge is 0.495 e. The van der Waals surface area contributed by atoms with Crippen molar-refractivity contribution in [3.8, 4) is 11.5 Å². The van der Waals surface area contributed by atoms with Gasteiger partial charge in [0.2, 0.25) is 0 Å². The van der Waals surface area contributed by atoms with E-state index in [0.29, 0.717) is 33.6 Å². The molecular weight excluding hydrogens is 278 g/mol. The third-order valence-corrected chi connectivity index (χ3v) is 3.14. The molecule has 5 N–H and O–H groups in total. The van der Waals surface area contributed by atoms with Crippen molar-refractivity contribution in [3.63, 3.8) is 0 Å². The second-order valence-electron chi connectivity index (χ2n) is 4.16. The maximum absolute atomic E-state index is 6.12. The molecule has 0 aromatic heterocycles. The molecule has 0 aliphatic carbocycles. The van der Waals surface area contributed by atoms with Crippen LogP contribution in [0.1, 0.15) is 0 Å². The molecule has 0 radical (unpaired) electrons. The molecule has 0 saturated carbocycles. The third-order valence-electron chi connectivity index (χ3n) is 2.84. The molecule has 2 aromatic rings. The molecule has 0 fully saturated rings. The van der Waals surface area contributed by atoms with Crippen LogP contribution in [0.4, 0.5) is 22.7 Å². The van der Waals surface area contributed by atoms with Gasteiger partial charge in [0.1, 0.15) is 11.5 Å². The summed E-state index contributed by atoms with van der Waals surface area (Å²) in [7, 11) is 3.12. The number of hydrogen-bond acceptors (Lipinski definition) is 5. The van der Waals surface area contributed by atoms with Crippen molar-refractivity contribution in [2.75, 3.05) is 31.0 Å². The van der Waals surface area contributed by atoms with E-state index in [-0.39, 0.29) is 0 Å². The van der Waals surface area contributed by atoms with E-state index in [2.05, 4.69) is 5.32 Å². The SMILES string of the molecule is COc1cc(OC)c(Nc2ccc(N)c(N)c2)cc1Cl. The van der Waals surface area contributed by atoms with E-state index in [1.54, 1.807) is 38.5 Å². The van der Waals surface area contributed by atoms with Crippen molar-refractivity contribution < 1.29 is 9.47 Å². The van der Waals surface area contributed by atoms with Gasteiger partial charge in [-0.2, -0.15) is 0 Å². The van der Waals surface area contributed by atoms with Crippen LogP contribution in [-0.2, 0) is 0 Å². The fourth-order valence-corrected chi connectivity index (χ4v) is 2.01. The lowest BCUT2D eigenvalue weighted by Crippen LogP contribution is -1.99. The Bertz CT molecular complexity index is 632. The Hall–Kier alpha value is -2.27. The van der Waals surface area contributed by atoms with Crippen molar-refractivity contribution in [1.82, 2.24) is 0 Å². The van der Waals surface area contributed by atoms with E-state index in [0.717, 1.165) is 5.69 Å². The zero-order valence-corrected chi connectivity index (χ0v) is 12.0. The summed E-state index contributed by atoms with van der Waals surface area (Å²) in [5, 5.41) is 3.67. The molecular formula is C14H16ClN3O2. The van der Waals surface area contributed by atoms with Gasteiger partial charge in [-0.25, -0.2) is 0 Å². The van der Waals surface area contributed by atoms with Gasteiger partial charge in [0.05, 0.1) is 36.3 Å². The van der Waals surface area contributed by atoms with Gasteiger partial charge in [0, 0.05) is 11.8 Å². The third kappa shape index (κ3) is 2.83. The average molecular weight is 294 g/mol. The highest BCUT2D eigenvalue weighted by Gasteiger charge is 2.10. The Morgan fingerprint density at radius 1 is 0.950 bits per heavy atom. The number of benzene rings is 2. The number of anilines is 4. The molecule has 0 heterocycles. The standard InChI is InChI=1S/C14H16ClN3O2/c1-19-13-7-14(20-2)12(6-9(13)15)18-8-3-4-10(16)11(17)5-8/h3-7,18H,16-17H2,1-2H3. The lowest BCUT2D eigenvalue weighted by molar-refractivity contribution is 0.396. The first kappa shape index (κ1) is 14.1. The highest BCUT2D eigenvalue weighted by Crippen LogP contribution is 2.37. The Kier molecular flexibility index (Phi) is 4.10. The summed E-state index contributed by atoms with van der Waals surface area (Å²) >= 11 is 6.12. The Balaban J connectivity index is 2.37. The molecule has 0 aliphatic heterocycles. The topological polar surface area (TPSA) is 82.5 Å². The van der Waals surface area contributed by atoms with Crippen molar-refractivity contribution in [1.29, 1.82) is 0 Å². The van der Waals surface area contributed by atoms with Gasteiger partial charge in [-0.1, -0.05) is 11.6 Å². The average Bonchev–Trinajstić information content (AvgIpc) is 2.43. The molecule has 0 saturated heterocycles. The smallest absolute Gasteiger partial charge is 0.146 e. The maximum Gasteiger partial charge on any atom is 0.146 e. The minimum absolute atomic E-state index is 0.485. The summed E-state index contributed by atoms with van der Waals surface area (Å²) in [4.78, 5) is 0. The van der Waals surface area contributed by atoms with Crippen LogP contribution in [0.3, 0.4) is 0 Å². The summed E-state index contributed by atoms with van der Waals surface area (Å²) in [5.74, 6) is 1.16. The first-order valence-corrected chi connectivity index (χ1v) is 6.26. The van der Waals surface area contributed by atoms with Crippen LogP contribution in [0.25, 0.3) is 0 Å². The zero-order valence-electron chi connectivity index (χ0n) is 11.2. The summed E-state index contributed by atoms with van der Waals surface area (Å²) < 4.78 is 10.5. The molecule has 0 unspecified atom stereocenters. The summed E-state index contributed by atoms with van der Waals surface area (Å²) in [6, 6.07) is 8.74. The van der Waals surface area contributed by atoms with Crippen LogP contribution in [0.2, 0.25) is 5.02 Å². The fourth-order valence-electron chi connectivity index (χ4n) is 1.77. The van der Waals surface area contributed by atoms with E-state index in [9.17, 15) is 0 Å². The number of methoxy groups -OCH3 is 2. The molecule has 6 heteroatoms. The van der Waals surface area contributed by atoms with Crippen LogP contribution >= 0.6 is 11.6 Å². The molecule has 2 rings (SSSR count). The fraction of sp³-hybridized carbons (Fsp3) is 0.143. The predicted molar refractivity (Wildman–Crippen MR) is 83.1 cm³/mol. The number of ether oxygens (including phenoxy) is 2. The molecule has 0 bridgehead atoms. The predicted octanol–water partition coefficient (Wildman–Crippen LogP) is 3.27. The molecule has 106 valence electrons. The Morgan fingerprint density at radius 2 is 1.65 bits per heavy atom. The number of hydrogen-bond donors (Lipinski definition) is 3. The summed E-state index contributed by atoms with van der Waals surface area (Å²) in [5.41, 5.74) is 14.0. The molecule has 20 heavy (non-hydrogen) atoms. The molecule has 2 aromatic carbocycles. The van der Waals surface area contributed by atoms with Gasteiger partial charge in [0.15, 0.2) is 0 Å². The van der Waals surface area contributed by atoms with Gasteiger partial charge in [-0.15, -0.1) is 0 Å². The quantitative estimate of drug-likeness (QED) is 0.754. The van der Waals surface area contributed by atoms with Crippen molar-refractivity contribution >= 4 is 34.4 Å². The monoisotopic (exact) mass is 293 g/mol. The molecule has 0 amide bonds. The Morgan fingerprint density at radius 3 is 2.25 bits per heavy atom. The van der Waals surface area contributed by atoms with Crippen molar-refractivity contribution in [3.05, 3.63) is 35.4 Å². The zero-order chi connectivity index (χ0) is 14.7. The highest BCUT2D eigenvalue weighted by molar-refractivity contribution is 6.32. The number of rotatable bonds is 4. The lowest BCUT2D eigenvalue weighted by Gasteiger charge is -2.14. The van der Waals surface area contributed by atoms with Gasteiger partial charge in [0.25, 0.3) is 0 Å². The molecule has 0 aliphatic rings. The van der Waals surface area contributed by atoms with E-state index >= 15 is 0 Å². The molecule has 0 atom stereocenters. The minimum atomic E-state index is 0.485. The van der Waals surface area contributed by atoms with Crippen molar-refractivity contribution in [2.45, 2.75) is 0 Å². The van der Waals surface area contributed by atoms with E-state index < -0.39 is 0 Å². The van der Waals surface area contributed by atoms with Gasteiger partial charge < -0.3 is 26.3 Å². The first-order valence-electron chi connectivity index (χ1n) is 5.88. The number of nitrogen functional groups attached to an aromatic ring is 2. The van der Waals surface area contributed by atoms with Crippen molar-refractivity contribution in [2.24, 2.45) is 0 Å². The van der Waals surface area contributed by atoms with Crippen LogP contribution in [-0.4, -0.2) is 14.2 Å². The van der Waals surface area contributed by atoms with E-state index in [4.69, 9.17) is 32.5 Å². The van der Waals surface area contributed by atoms with Crippen LogP contribution in [0, 0.1) is 0 Å². The normalized spacial score (nSPS) is 10.2. The minimum Gasteiger partial charge on any atom is -0.495 e. The van der Waals surface area contributed by atoms with Gasteiger partial charge in [-0.3, -0.25) is 0 Å². The number of halogens is 1. The van der Waals surface area contributed by atoms with Gasteiger partial charge in [-0.05, 0) is 24.3 Å². The van der Waals surface area contributed by atoms with Crippen LogP contribution < -0.4 is 26.3 Å². The second kappa shape index (κ2) is 5.79. The van der Waals surface area contributed by atoms with E-state index in [1.807, 2.05) is 6.07 Å². The summed E-state index contributed by atoms with van der Waals surface area (Å²) in [6.45, 7) is 0. The van der Waals surface area contributed by atoms with Crippen LogP contribution in [0.15, 0.2) is 30.3 Å². The Labute approximate surface area is 122 Å².